The Morgan fingerprint density at radius 1 is 1.39 bits per heavy atom. The van der Waals surface area contributed by atoms with Gasteiger partial charge in [0.15, 0.2) is 5.82 Å². The number of thioether (sulfide) groups is 1. The predicted molar refractivity (Wildman–Crippen MR) is 132 cm³/mol. The molecule has 7 nitrogen and oxygen atoms in total. The molecule has 4 N–H and O–H groups in total. The molecule has 0 atom stereocenters. The average molecular weight is 472 g/mol. The summed E-state index contributed by atoms with van der Waals surface area (Å²) in [6.45, 7) is 5.53. The molecule has 176 valence electrons. The summed E-state index contributed by atoms with van der Waals surface area (Å²) in [7, 11) is 1.64. The Kier molecular flexibility index (Phi) is 7.39. The quantitative estimate of drug-likeness (QED) is 0.568. The lowest BCUT2D eigenvalue weighted by molar-refractivity contribution is 0.296. The molecule has 1 aliphatic heterocycles. The minimum absolute atomic E-state index is 0.184. The molecule has 3 heterocycles. The lowest BCUT2D eigenvalue weighted by Gasteiger charge is -2.30. The molecule has 1 saturated heterocycles. The number of hydrogen-bond acceptors (Lipinski definition) is 7. The van der Waals surface area contributed by atoms with Gasteiger partial charge in [-0.05, 0) is 49.3 Å². The second-order valence-corrected chi connectivity index (χ2v) is 9.49. The van der Waals surface area contributed by atoms with Crippen LogP contribution in [0.5, 0.6) is 0 Å². The van der Waals surface area contributed by atoms with E-state index in [1.54, 1.807) is 24.9 Å². The molecule has 2 aromatic rings. The maximum Gasteiger partial charge on any atom is 0.250 e. The molecule has 2 aromatic heterocycles. The number of halogens is 1. The van der Waals surface area contributed by atoms with Gasteiger partial charge in [0, 0.05) is 38.4 Å². The fraction of sp³-hybridized carbons (Fsp3) is 0.417. The van der Waals surface area contributed by atoms with Crippen LogP contribution in [-0.4, -0.2) is 34.6 Å². The van der Waals surface area contributed by atoms with Crippen LogP contribution in [0.25, 0.3) is 11.0 Å². The summed E-state index contributed by atoms with van der Waals surface area (Å²) in [5.41, 5.74) is 7.85. The van der Waals surface area contributed by atoms with Gasteiger partial charge < -0.3 is 25.7 Å². The van der Waals surface area contributed by atoms with Crippen LogP contribution in [0.4, 0.5) is 10.1 Å². The van der Waals surface area contributed by atoms with Gasteiger partial charge in [-0.2, -0.15) is 0 Å². The summed E-state index contributed by atoms with van der Waals surface area (Å²) in [5.74, 6) is 1.31. The number of aryl methyl sites for hydroxylation is 1. The summed E-state index contributed by atoms with van der Waals surface area (Å²) in [6, 6.07) is 3.52. The maximum absolute atomic E-state index is 14.5. The molecule has 2 fully saturated rings. The third kappa shape index (κ3) is 5.42. The van der Waals surface area contributed by atoms with E-state index in [1.165, 1.54) is 23.0 Å². The smallest absolute Gasteiger partial charge is 0.250 e. The minimum atomic E-state index is -0.440. The molecule has 1 aliphatic carbocycles. The van der Waals surface area contributed by atoms with Gasteiger partial charge in [-0.3, -0.25) is 9.78 Å². The lowest BCUT2D eigenvalue weighted by atomic mass is 9.86. The molecule has 0 bridgehead atoms. The summed E-state index contributed by atoms with van der Waals surface area (Å²) in [6.07, 6.45) is 8.93. The Bertz CT molecular complexity index is 1150. The zero-order valence-electron chi connectivity index (χ0n) is 18.8. The first kappa shape index (κ1) is 23.4. The van der Waals surface area contributed by atoms with Crippen LogP contribution in [0.3, 0.4) is 0 Å². The number of rotatable bonds is 7. The van der Waals surface area contributed by atoms with E-state index < -0.39 is 5.82 Å². The predicted octanol–water partition coefficient (Wildman–Crippen LogP) is 3.59. The van der Waals surface area contributed by atoms with Crippen LogP contribution in [0.1, 0.15) is 25.7 Å². The first-order valence-electron chi connectivity index (χ1n) is 11.1. The number of nitrogens with one attached hydrogen (secondary N) is 2. The van der Waals surface area contributed by atoms with Gasteiger partial charge in [0.25, 0.3) is 5.56 Å². The van der Waals surface area contributed by atoms with Gasteiger partial charge in [0.05, 0.1) is 27.8 Å². The SMILES string of the molecule is C=C(/C=C1/SCO/C1=C/N)CNC1CCC(CNc2c(F)cnc3ccc(=O)n(C)c23)CC1. The highest BCUT2D eigenvalue weighted by Gasteiger charge is 2.22. The highest BCUT2D eigenvalue weighted by atomic mass is 32.2. The highest BCUT2D eigenvalue weighted by molar-refractivity contribution is 8.03. The van der Waals surface area contributed by atoms with Gasteiger partial charge in [-0.1, -0.05) is 18.3 Å². The molecule has 1 saturated carbocycles. The first-order valence-corrected chi connectivity index (χ1v) is 12.1. The average Bonchev–Trinajstić information content (AvgIpc) is 3.27. The lowest BCUT2D eigenvalue weighted by Crippen LogP contribution is -2.35. The molecule has 2 aliphatic rings. The van der Waals surface area contributed by atoms with Crippen LogP contribution in [0.15, 0.2) is 58.2 Å². The topological polar surface area (TPSA) is 94.2 Å². The van der Waals surface area contributed by atoms with Crippen molar-refractivity contribution in [1.82, 2.24) is 14.9 Å². The second-order valence-electron chi connectivity index (χ2n) is 8.53. The molecular weight excluding hydrogens is 441 g/mol. The van der Waals surface area contributed by atoms with Crippen molar-refractivity contribution in [3.8, 4) is 0 Å². The van der Waals surface area contributed by atoms with Crippen molar-refractivity contribution in [2.24, 2.45) is 18.7 Å². The fourth-order valence-corrected chi connectivity index (χ4v) is 5.20. The highest BCUT2D eigenvalue weighted by Crippen LogP contribution is 2.33. The molecule has 0 spiro atoms. The van der Waals surface area contributed by atoms with Crippen molar-refractivity contribution in [2.75, 3.05) is 24.3 Å². The minimum Gasteiger partial charge on any atom is -0.480 e. The number of ether oxygens (including phenoxy) is 1. The van der Waals surface area contributed by atoms with Crippen molar-refractivity contribution >= 4 is 28.5 Å². The van der Waals surface area contributed by atoms with E-state index in [-0.39, 0.29) is 5.56 Å². The molecule has 0 aromatic carbocycles. The van der Waals surface area contributed by atoms with E-state index in [2.05, 4.69) is 22.2 Å². The van der Waals surface area contributed by atoms with E-state index in [4.69, 9.17) is 10.5 Å². The van der Waals surface area contributed by atoms with Crippen LogP contribution in [0, 0.1) is 11.7 Å². The first-order chi connectivity index (χ1) is 16.0. The molecule has 0 radical (unpaired) electrons. The number of anilines is 1. The number of pyridine rings is 2. The number of nitrogens with zero attached hydrogens (tertiary/aromatic N) is 2. The van der Waals surface area contributed by atoms with Gasteiger partial charge in [0.2, 0.25) is 0 Å². The summed E-state index contributed by atoms with van der Waals surface area (Å²) >= 11 is 1.62. The van der Waals surface area contributed by atoms with Gasteiger partial charge in [-0.25, -0.2) is 4.39 Å². The number of fused-ring (bicyclic) bond motifs is 1. The van der Waals surface area contributed by atoms with Crippen LogP contribution in [0.2, 0.25) is 0 Å². The summed E-state index contributed by atoms with van der Waals surface area (Å²) < 4.78 is 21.4. The zero-order valence-corrected chi connectivity index (χ0v) is 19.6. The van der Waals surface area contributed by atoms with E-state index in [0.29, 0.717) is 46.9 Å². The molecule has 33 heavy (non-hydrogen) atoms. The van der Waals surface area contributed by atoms with Gasteiger partial charge in [0.1, 0.15) is 11.7 Å². The summed E-state index contributed by atoms with van der Waals surface area (Å²) in [4.78, 5) is 17.2. The summed E-state index contributed by atoms with van der Waals surface area (Å²) in [5, 5.41) is 6.86. The number of hydrogen-bond donors (Lipinski definition) is 3. The normalized spacial score (nSPS) is 23.2. The van der Waals surface area contributed by atoms with E-state index in [9.17, 15) is 9.18 Å². The van der Waals surface area contributed by atoms with Crippen molar-refractivity contribution in [3.63, 3.8) is 0 Å². The Hall–Kier alpha value is -2.78. The molecular formula is C24H30FN5O2S. The Labute approximate surface area is 197 Å². The molecule has 0 amide bonds. The maximum atomic E-state index is 14.5. The third-order valence-electron chi connectivity index (χ3n) is 6.28. The Morgan fingerprint density at radius 3 is 2.94 bits per heavy atom. The monoisotopic (exact) mass is 471 g/mol. The second kappa shape index (κ2) is 10.4. The van der Waals surface area contributed by atoms with E-state index in [0.717, 1.165) is 42.7 Å². The Balaban J connectivity index is 1.28. The van der Waals surface area contributed by atoms with Crippen molar-refractivity contribution in [2.45, 2.75) is 31.7 Å². The Morgan fingerprint density at radius 2 is 2.18 bits per heavy atom. The third-order valence-corrected chi connectivity index (χ3v) is 7.14. The molecule has 4 rings (SSSR count). The molecule has 9 heteroatoms. The number of nitrogens with two attached hydrogens (primary N) is 1. The van der Waals surface area contributed by atoms with E-state index in [1.807, 2.05) is 6.08 Å². The number of aromatic nitrogens is 2. The van der Waals surface area contributed by atoms with Crippen LogP contribution >= 0.6 is 11.8 Å². The zero-order chi connectivity index (χ0) is 23.4. The van der Waals surface area contributed by atoms with Crippen molar-refractivity contribution in [3.05, 3.63) is 69.6 Å². The van der Waals surface area contributed by atoms with Gasteiger partial charge in [-0.15, -0.1) is 0 Å². The van der Waals surface area contributed by atoms with Crippen molar-refractivity contribution in [1.29, 1.82) is 0 Å². The largest absolute Gasteiger partial charge is 0.480 e. The van der Waals surface area contributed by atoms with E-state index >= 15 is 0 Å². The van der Waals surface area contributed by atoms with Crippen LogP contribution < -0.4 is 21.9 Å². The standard InChI is InChI=1S/C24H30FN5O2S/c1-15(9-21-20(10-26)32-14-33-21)11-27-17-5-3-16(4-6-17)12-29-23-18(25)13-28-19-7-8-22(31)30(2)24(19)23/h7-10,13,16-17,27H,1,3-6,11-12,14,26H2,2H3,(H,28,29)/b20-10+,21-9+. The fourth-order valence-electron chi connectivity index (χ4n) is 4.37. The van der Waals surface area contributed by atoms with Gasteiger partial charge >= 0.3 is 0 Å². The van der Waals surface area contributed by atoms with Crippen molar-refractivity contribution < 1.29 is 9.13 Å². The molecule has 0 unspecified atom stereocenters. The van der Waals surface area contributed by atoms with Crippen LogP contribution in [-0.2, 0) is 11.8 Å².